The first-order valence-electron chi connectivity index (χ1n) is 20.8. The van der Waals surface area contributed by atoms with Crippen molar-refractivity contribution in [3.05, 3.63) is 16.7 Å². The van der Waals surface area contributed by atoms with Gasteiger partial charge < -0.3 is 14.9 Å². The molecule has 1 aromatic carbocycles. The fourth-order valence-electron chi connectivity index (χ4n) is 7.03. The normalized spacial score (nSPS) is 11.5. The molecule has 3 nitrogen and oxygen atoms in total. The van der Waals surface area contributed by atoms with E-state index in [1.54, 1.807) is 0 Å². The molecule has 2 N–H and O–H groups in total. The number of rotatable bonds is 34. The largest absolute Gasteiger partial charge is 0.504 e. The molecule has 0 saturated heterocycles. The van der Waals surface area contributed by atoms with E-state index in [0.29, 0.717) is 12.4 Å². The van der Waals surface area contributed by atoms with Crippen LogP contribution in [-0.2, 0) is 19.3 Å². The van der Waals surface area contributed by atoms with Crippen molar-refractivity contribution in [2.45, 2.75) is 233 Å². The van der Waals surface area contributed by atoms with Crippen LogP contribution < -0.4 is 4.74 Å². The Kier molecular flexibility index (Phi) is 28.7. The summed E-state index contributed by atoms with van der Waals surface area (Å²) in [6, 6.07) is 0. The van der Waals surface area contributed by atoms with Crippen LogP contribution in [0.5, 0.6) is 17.2 Å². The lowest BCUT2D eigenvalue weighted by Gasteiger charge is -2.23. The average molecular weight is 645 g/mol. The van der Waals surface area contributed by atoms with Gasteiger partial charge in [-0.15, -0.1) is 0 Å². The van der Waals surface area contributed by atoms with Gasteiger partial charge in [-0.05, 0) is 50.5 Å². The van der Waals surface area contributed by atoms with Gasteiger partial charge in [0.2, 0.25) is 5.75 Å². The number of benzene rings is 1. The molecule has 0 aromatic heterocycles. The second-order valence-electron chi connectivity index (χ2n) is 14.4. The van der Waals surface area contributed by atoms with Crippen LogP contribution in [0.1, 0.15) is 231 Å². The van der Waals surface area contributed by atoms with Crippen molar-refractivity contribution in [1.82, 2.24) is 0 Å². The first-order chi connectivity index (χ1) is 22.6. The lowest BCUT2D eigenvalue weighted by Crippen LogP contribution is -2.08. The third kappa shape index (κ3) is 20.1. The maximum absolute atomic E-state index is 11.5. The summed E-state index contributed by atoms with van der Waals surface area (Å²) in [4.78, 5) is 0. The number of phenolic OH excluding ortho intramolecular Hbond substituents is 2. The van der Waals surface area contributed by atoms with Crippen LogP contribution >= 0.6 is 0 Å². The Morgan fingerprint density at radius 1 is 0.326 bits per heavy atom. The summed E-state index contributed by atoms with van der Waals surface area (Å²) in [5.74, 6) is 0.723. The molecule has 1 rings (SSSR count). The zero-order chi connectivity index (χ0) is 33.5. The van der Waals surface area contributed by atoms with E-state index in [1.165, 1.54) is 165 Å². The predicted octanol–water partition coefficient (Wildman–Crippen LogP) is 14.5. The summed E-state index contributed by atoms with van der Waals surface area (Å²) in [5, 5.41) is 22.9. The number of unbranched alkanes of at least 4 members (excludes halogenated alkanes) is 25. The standard InChI is InChI=1S/C43H80O3/c1-5-9-13-17-20-23-26-30-34-38-39(35-31-27-24-21-18-14-10-6-2)41(44)42(45)43(46-37-33-29-16-12-8-4)40(38)36-32-28-25-22-19-15-11-7-3/h44-45H,5-37H2,1-4H3. The molecule has 0 heterocycles. The summed E-state index contributed by atoms with van der Waals surface area (Å²) >= 11 is 0. The molecule has 0 spiro atoms. The van der Waals surface area contributed by atoms with Crippen LogP contribution in [0.4, 0.5) is 0 Å². The molecule has 0 radical (unpaired) electrons. The van der Waals surface area contributed by atoms with Crippen LogP contribution in [0.25, 0.3) is 0 Å². The van der Waals surface area contributed by atoms with Crippen molar-refractivity contribution in [2.24, 2.45) is 0 Å². The molecule has 0 fully saturated rings. The van der Waals surface area contributed by atoms with Crippen LogP contribution in [0.2, 0.25) is 0 Å². The molecule has 1 aromatic rings. The minimum absolute atomic E-state index is 0.0114. The van der Waals surface area contributed by atoms with Crippen LogP contribution in [0.3, 0.4) is 0 Å². The predicted molar refractivity (Wildman–Crippen MR) is 203 cm³/mol. The number of hydrogen-bond acceptors (Lipinski definition) is 3. The molecule has 0 amide bonds. The minimum Gasteiger partial charge on any atom is -0.504 e. The Labute approximate surface area is 288 Å². The van der Waals surface area contributed by atoms with E-state index < -0.39 is 0 Å². The van der Waals surface area contributed by atoms with Gasteiger partial charge in [-0.3, -0.25) is 0 Å². The highest BCUT2D eigenvalue weighted by Crippen LogP contribution is 2.46. The van der Waals surface area contributed by atoms with Gasteiger partial charge in [-0.2, -0.15) is 0 Å². The maximum Gasteiger partial charge on any atom is 0.201 e. The highest BCUT2D eigenvalue weighted by atomic mass is 16.5. The molecule has 0 unspecified atom stereocenters. The Bertz CT molecular complexity index is 817. The molecule has 0 saturated carbocycles. The molecule has 0 atom stereocenters. The second-order valence-corrected chi connectivity index (χ2v) is 14.4. The number of ether oxygens (including phenoxy) is 1. The molecule has 0 aliphatic carbocycles. The number of phenols is 2. The van der Waals surface area contributed by atoms with E-state index >= 15 is 0 Å². The second kappa shape index (κ2) is 30.9. The Hall–Kier alpha value is -1.38. The molecule has 270 valence electrons. The van der Waals surface area contributed by atoms with Gasteiger partial charge in [0, 0.05) is 11.1 Å². The van der Waals surface area contributed by atoms with Gasteiger partial charge in [0.1, 0.15) is 0 Å². The first-order valence-corrected chi connectivity index (χ1v) is 20.8. The van der Waals surface area contributed by atoms with E-state index in [2.05, 4.69) is 27.7 Å². The quantitative estimate of drug-likeness (QED) is 0.0580. The summed E-state index contributed by atoms with van der Waals surface area (Å²) in [6.07, 6.45) is 39.7. The van der Waals surface area contributed by atoms with Crippen LogP contribution in [0, 0.1) is 0 Å². The molecular formula is C43H80O3. The minimum atomic E-state index is 0.0114. The smallest absolute Gasteiger partial charge is 0.201 e. The molecule has 0 aliphatic rings. The number of aromatic hydroxyl groups is 2. The van der Waals surface area contributed by atoms with Crippen molar-refractivity contribution < 1.29 is 14.9 Å². The van der Waals surface area contributed by atoms with Crippen molar-refractivity contribution in [3.8, 4) is 17.2 Å². The fourth-order valence-corrected chi connectivity index (χ4v) is 7.03. The van der Waals surface area contributed by atoms with E-state index in [9.17, 15) is 10.2 Å². The van der Waals surface area contributed by atoms with Crippen molar-refractivity contribution in [1.29, 1.82) is 0 Å². The Morgan fingerprint density at radius 2 is 0.630 bits per heavy atom. The van der Waals surface area contributed by atoms with Gasteiger partial charge in [-0.1, -0.05) is 188 Å². The van der Waals surface area contributed by atoms with Crippen molar-refractivity contribution >= 4 is 0 Å². The summed E-state index contributed by atoms with van der Waals surface area (Å²) in [5.41, 5.74) is 3.55. The van der Waals surface area contributed by atoms with E-state index in [4.69, 9.17) is 4.74 Å². The lowest BCUT2D eigenvalue weighted by molar-refractivity contribution is 0.278. The van der Waals surface area contributed by atoms with Crippen LogP contribution in [0.15, 0.2) is 0 Å². The topological polar surface area (TPSA) is 49.7 Å². The Balaban J connectivity index is 3.07. The fraction of sp³-hybridized carbons (Fsp3) is 0.860. The lowest BCUT2D eigenvalue weighted by atomic mass is 9.88. The average Bonchev–Trinajstić information content (AvgIpc) is 3.06. The molecule has 46 heavy (non-hydrogen) atoms. The first kappa shape index (κ1) is 42.6. The van der Waals surface area contributed by atoms with Crippen molar-refractivity contribution in [2.75, 3.05) is 6.61 Å². The van der Waals surface area contributed by atoms with E-state index in [0.717, 1.165) is 56.9 Å². The van der Waals surface area contributed by atoms with Gasteiger partial charge in [-0.25, -0.2) is 0 Å². The highest BCUT2D eigenvalue weighted by Gasteiger charge is 2.24. The highest BCUT2D eigenvalue weighted by molar-refractivity contribution is 5.62. The Morgan fingerprint density at radius 3 is 1.02 bits per heavy atom. The zero-order valence-corrected chi connectivity index (χ0v) is 31.6. The van der Waals surface area contributed by atoms with Gasteiger partial charge in [0.05, 0.1) is 6.61 Å². The molecule has 3 heteroatoms. The molecular weight excluding hydrogens is 564 g/mol. The van der Waals surface area contributed by atoms with Gasteiger partial charge in [0.15, 0.2) is 11.5 Å². The molecule has 0 bridgehead atoms. The van der Waals surface area contributed by atoms with E-state index in [-0.39, 0.29) is 11.5 Å². The van der Waals surface area contributed by atoms with Gasteiger partial charge in [0.25, 0.3) is 0 Å². The zero-order valence-electron chi connectivity index (χ0n) is 31.6. The summed E-state index contributed by atoms with van der Waals surface area (Å²) in [7, 11) is 0. The third-order valence-corrected chi connectivity index (χ3v) is 10.1. The third-order valence-electron chi connectivity index (χ3n) is 10.1. The van der Waals surface area contributed by atoms with Gasteiger partial charge >= 0.3 is 0 Å². The van der Waals surface area contributed by atoms with E-state index in [1.807, 2.05) is 0 Å². The number of hydrogen-bond donors (Lipinski definition) is 2. The SMILES string of the molecule is CCCCCCCCCCc1c(O)c(O)c(OCCCCCCC)c(CCCCCCCCCC)c1CCCCCCCCCC. The maximum atomic E-state index is 11.5. The van der Waals surface area contributed by atoms with Crippen LogP contribution in [-0.4, -0.2) is 16.8 Å². The molecule has 0 aliphatic heterocycles. The monoisotopic (exact) mass is 645 g/mol. The summed E-state index contributed by atoms with van der Waals surface area (Å²) < 4.78 is 6.41. The van der Waals surface area contributed by atoms with Crippen molar-refractivity contribution in [3.63, 3.8) is 0 Å². The summed E-state index contributed by atoms with van der Waals surface area (Å²) in [6.45, 7) is 9.72.